The highest BCUT2D eigenvalue weighted by molar-refractivity contribution is 8.01. The number of aryl methyl sites for hydroxylation is 1. The van der Waals surface area contributed by atoms with Gasteiger partial charge in [-0.2, -0.15) is 0 Å². The maximum atomic E-state index is 6.24. The summed E-state index contributed by atoms with van der Waals surface area (Å²) in [5.74, 6) is 0. The van der Waals surface area contributed by atoms with E-state index in [0.717, 1.165) is 10.8 Å². The largest absolute Gasteiger partial charge is 0.326 e. The van der Waals surface area contributed by atoms with Gasteiger partial charge < -0.3 is 5.73 Å². The number of benzene rings is 1. The normalized spacial score (nSPS) is 14.4. The molecule has 3 nitrogen and oxygen atoms in total. The molecule has 1 aromatic carbocycles. The van der Waals surface area contributed by atoms with E-state index in [9.17, 15) is 0 Å². The zero-order chi connectivity index (χ0) is 13.0. The second kappa shape index (κ2) is 6.31. The molecule has 0 radical (unpaired) electrons. The van der Waals surface area contributed by atoms with Crippen LogP contribution >= 0.6 is 23.1 Å². The minimum Gasteiger partial charge on any atom is -0.326 e. The standard InChI is InChI=1S/C13H17N3S2/c1-3-11(14)12(18-13-16-15-8-17-13)10-6-4-9(2)5-7-10/h4-8,11-12H,3,14H2,1-2H3. The summed E-state index contributed by atoms with van der Waals surface area (Å²) in [6.07, 6.45) is 0.949. The van der Waals surface area contributed by atoms with Gasteiger partial charge in [0.05, 0.1) is 5.25 Å². The first kappa shape index (κ1) is 13.5. The third kappa shape index (κ3) is 3.31. The van der Waals surface area contributed by atoms with E-state index >= 15 is 0 Å². The summed E-state index contributed by atoms with van der Waals surface area (Å²) in [5, 5.41) is 8.21. The molecule has 0 aliphatic heterocycles. The maximum Gasteiger partial charge on any atom is 0.174 e. The minimum atomic E-state index is 0.126. The van der Waals surface area contributed by atoms with Gasteiger partial charge in [0.1, 0.15) is 5.51 Å². The molecule has 0 fully saturated rings. The van der Waals surface area contributed by atoms with Crippen molar-refractivity contribution in [3.8, 4) is 0 Å². The molecular formula is C13H17N3S2. The topological polar surface area (TPSA) is 51.8 Å². The highest BCUT2D eigenvalue weighted by Crippen LogP contribution is 2.38. The van der Waals surface area contributed by atoms with Crippen LogP contribution in [0.15, 0.2) is 34.1 Å². The van der Waals surface area contributed by atoms with Crippen LogP contribution in [0.5, 0.6) is 0 Å². The molecule has 2 rings (SSSR count). The molecule has 2 atom stereocenters. The molecule has 5 heteroatoms. The summed E-state index contributed by atoms with van der Waals surface area (Å²) in [6.45, 7) is 4.21. The first-order chi connectivity index (χ1) is 8.70. The van der Waals surface area contributed by atoms with Crippen molar-refractivity contribution in [3.63, 3.8) is 0 Å². The molecule has 0 aliphatic carbocycles. The first-order valence-electron chi connectivity index (χ1n) is 5.95. The molecule has 0 saturated heterocycles. The monoisotopic (exact) mass is 279 g/mol. The third-order valence-electron chi connectivity index (χ3n) is 2.83. The van der Waals surface area contributed by atoms with Crippen molar-refractivity contribution < 1.29 is 0 Å². The van der Waals surface area contributed by atoms with Gasteiger partial charge in [-0.05, 0) is 18.9 Å². The average Bonchev–Trinajstić information content (AvgIpc) is 2.89. The molecule has 2 unspecified atom stereocenters. The summed E-state index contributed by atoms with van der Waals surface area (Å²) in [7, 11) is 0. The van der Waals surface area contributed by atoms with Crippen LogP contribution in [0.1, 0.15) is 29.7 Å². The van der Waals surface area contributed by atoms with Gasteiger partial charge in [-0.15, -0.1) is 10.2 Å². The summed E-state index contributed by atoms with van der Waals surface area (Å²) < 4.78 is 0.976. The van der Waals surface area contributed by atoms with Crippen LogP contribution < -0.4 is 5.73 Å². The molecule has 1 aromatic heterocycles. The van der Waals surface area contributed by atoms with Crippen molar-refractivity contribution in [2.24, 2.45) is 5.73 Å². The van der Waals surface area contributed by atoms with E-state index in [1.54, 1.807) is 28.6 Å². The van der Waals surface area contributed by atoms with Crippen molar-refractivity contribution in [2.75, 3.05) is 0 Å². The average molecular weight is 279 g/mol. The summed E-state index contributed by atoms with van der Waals surface area (Å²) in [6, 6.07) is 8.70. The van der Waals surface area contributed by atoms with Crippen LogP contribution in [0.2, 0.25) is 0 Å². The Hall–Kier alpha value is -0.910. The second-order valence-corrected chi connectivity index (χ2v) is 6.45. The molecule has 0 bridgehead atoms. The van der Waals surface area contributed by atoms with Crippen molar-refractivity contribution >= 4 is 23.1 Å². The van der Waals surface area contributed by atoms with Gasteiger partial charge in [-0.25, -0.2) is 0 Å². The number of rotatable bonds is 5. The fourth-order valence-electron chi connectivity index (χ4n) is 1.70. The van der Waals surface area contributed by atoms with Gasteiger partial charge in [0.2, 0.25) is 0 Å². The van der Waals surface area contributed by atoms with Crippen LogP contribution in [0, 0.1) is 6.92 Å². The molecule has 0 spiro atoms. The van der Waals surface area contributed by atoms with Gasteiger partial charge in [-0.3, -0.25) is 0 Å². The lowest BCUT2D eigenvalue weighted by molar-refractivity contribution is 0.634. The van der Waals surface area contributed by atoms with E-state index in [-0.39, 0.29) is 11.3 Å². The Labute approximate surface area is 116 Å². The fraction of sp³-hybridized carbons (Fsp3) is 0.385. The molecule has 18 heavy (non-hydrogen) atoms. The third-order valence-corrected chi connectivity index (χ3v) is 5.05. The van der Waals surface area contributed by atoms with Gasteiger partial charge in [0.25, 0.3) is 0 Å². The van der Waals surface area contributed by atoms with Crippen molar-refractivity contribution in [3.05, 3.63) is 40.9 Å². The molecule has 1 heterocycles. The molecule has 0 aliphatic rings. The van der Waals surface area contributed by atoms with Crippen LogP contribution in [0.3, 0.4) is 0 Å². The fourth-order valence-corrected chi connectivity index (χ4v) is 3.61. The lowest BCUT2D eigenvalue weighted by Gasteiger charge is -2.21. The SMILES string of the molecule is CCC(N)C(Sc1nncs1)c1ccc(C)cc1. The zero-order valence-electron chi connectivity index (χ0n) is 10.5. The summed E-state index contributed by atoms with van der Waals surface area (Å²) in [4.78, 5) is 0. The lowest BCUT2D eigenvalue weighted by Crippen LogP contribution is -2.25. The van der Waals surface area contributed by atoms with Gasteiger partial charge in [-0.1, -0.05) is 59.9 Å². The second-order valence-electron chi connectivity index (χ2n) is 4.23. The minimum absolute atomic E-state index is 0.126. The maximum absolute atomic E-state index is 6.24. The number of hydrogen-bond acceptors (Lipinski definition) is 5. The predicted molar refractivity (Wildman–Crippen MR) is 78.0 cm³/mol. The van der Waals surface area contributed by atoms with E-state index in [1.807, 2.05) is 0 Å². The Bertz CT molecular complexity index is 467. The smallest absolute Gasteiger partial charge is 0.174 e. The predicted octanol–water partition coefficient (Wildman–Crippen LogP) is 3.42. The summed E-state index contributed by atoms with van der Waals surface area (Å²) in [5.41, 5.74) is 10.5. The van der Waals surface area contributed by atoms with E-state index in [1.165, 1.54) is 11.1 Å². The lowest BCUT2D eigenvalue weighted by atomic mass is 10.0. The quantitative estimate of drug-likeness (QED) is 0.852. The molecule has 96 valence electrons. The van der Waals surface area contributed by atoms with E-state index in [4.69, 9.17) is 5.73 Å². The van der Waals surface area contributed by atoms with Crippen molar-refractivity contribution in [2.45, 2.75) is 35.9 Å². The number of thioether (sulfide) groups is 1. The van der Waals surface area contributed by atoms with Crippen LogP contribution in [-0.4, -0.2) is 16.2 Å². The van der Waals surface area contributed by atoms with Crippen LogP contribution in [-0.2, 0) is 0 Å². The molecule has 0 amide bonds. The number of nitrogens with zero attached hydrogens (tertiary/aromatic N) is 2. The van der Waals surface area contributed by atoms with E-state index in [2.05, 4.69) is 48.3 Å². The van der Waals surface area contributed by atoms with Gasteiger partial charge in [0, 0.05) is 6.04 Å². The Morgan fingerprint density at radius 2 is 2.06 bits per heavy atom. The number of aromatic nitrogens is 2. The molecule has 2 N–H and O–H groups in total. The molecule has 2 aromatic rings. The summed E-state index contributed by atoms with van der Waals surface area (Å²) >= 11 is 3.27. The van der Waals surface area contributed by atoms with Crippen molar-refractivity contribution in [1.29, 1.82) is 0 Å². The number of hydrogen-bond donors (Lipinski definition) is 1. The van der Waals surface area contributed by atoms with Gasteiger partial charge in [0.15, 0.2) is 4.34 Å². The van der Waals surface area contributed by atoms with Crippen LogP contribution in [0.25, 0.3) is 0 Å². The van der Waals surface area contributed by atoms with E-state index < -0.39 is 0 Å². The highest BCUT2D eigenvalue weighted by Gasteiger charge is 2.21. The van der Waals surface area contributed by atoms with Crippen LogP contribution in [0.4, 0.5) is 0 Å². The Morgan fingerprint density at radius 3 is 2.61 bits per heavy atom. The zero-order valence-corrected chi connectivity index (χ0v) is 12.2. The Balaban J connectivity index is 2.22. The van der Waals surface area contributed by atoms with E-state index in [0.29, 0.717) is 0 Å². The highest BCUT2D eigenvalue weighted by atomic mass is 32.2. The Morgan fingerprint density at radius 1 is 1.33 bits per heavy atom. The first-order valence-corrected chi connectivity index (χ1v) is 7.71. The van der Waals surface area contributed by atoms with Gasteiger partial charge >= 0.3 is 0 Å². The number of nitrogens with two attached hydrogens (primary N) is 1. The molecular weight excluding hydrogens is 262 g/mol. The Kier molecular flexibility index (Phi) is 4.74. The van der Waals surface area contributed by atoms with Crippen molar-refractivity contribution in [1.82, 2.24) is 10.2 Å². The molecule has 0 saturated carbocycles.